The van der Waals surface area contributed by atoms with Gasteiger partial charge in [-0.05, 0) is 25.1 Å². The van der Waals surface area contributed by atoms with E-state index in [1.807, 2.05) is 31.2 Å². The molecular formula is C17H25IN4O3. The normalized spacial score (nSPS) is 10.9. The van der Waals surface area contributed by atoms with Crippen molar-refractivity contribution in [3.8, 4) is 5.88 Å². The second kappa shape index (κ2) is 12.5. The molecule has 25 heavy (non-hydrogen) atoms. The molecule has 7 nitrogen and oxygen atoms in total. The fraction of sp³-hybridized carbons (Fsp3) is 0.412. The van der Waals surface area contributed by atoms with E-state index in [4.69, 9.17) is 13.9 Å². The number of methoxy groups -OCH3 is 1. The number of guanidine groups is 1. The summed E-state index contributed by atoms with van der Waals surface area (Å²) < 4.78 is 15.9. The average molecular weight is 460 g/mol. The van der Waals surface area contributed by atoms with Crippen LogP contribution >= 0.6 is 24.0 Å². The number of halogens is 1. The number of ether oxygens (including phenoxy) is 2. The second-order valence-electron chi connectivity index (χ2n) is 4.94. The van der Waals surface area contributed by atoms with Crippen LogP contribution in [0.4, 0.5) is 0 Å². The Morgan fingerprint density at radius 2 is 2.12 bits per heavy atom. The van der Waals surface area contributed by atoms with Crippen molar-refractivity contribution in [2.75, 3.05) is 26.9 Å². The number of pyridine rings is 1. The first-order chi connectivity index (χ1) is 11.8. The zero-order valence-corrected chi connectivity index (χ0v) is 16.9. The lowest BCUT2D eigenvalue weighted by Crippen LogP contribution is -2.36. The molecule has 2 rings (SSSR count). The van der Waals surface area contributed by atoms with Crippen LogP contribution in [0.2, 0.25) is 0 Å². The number of hydrogen-bond donors (Lipinski definition) is 2. The van der Waals surface area contributed by atoms with E-state index in [9.17, 15) is 0 Å². The number of furan rings is 1. The highest BCUT2D eigenvalue weighted by molar-refractivity contribution is 14.0. The highest BCUT2D eigenvalue weighted by Crippen LogP contribution is 2.15. The van der Waals surface area contributed by atoms with Crippen molar-refractivity contribution in [1.82, 2.24) is 15.6 Å². The van der Waals surface area contributed by atoms with Crippen LogP contribution in [0.25, 0.3) is 0 Å². The number of nitrogens with zero attached hydrogens (tertiary/aromatic N) is 2. The minimum atomic E-state index is 0. The first kappa shape index (κ1) is 21.2. The van der Waals surface area contributed by atoms with Gasteiger partial charge in [0.1, 0.15) is 12.4 Å². The van der Waals surface area contributed by atoms with Gasteiger partial charge in [0.25, 0.3) is 0 Å². The Balaban J connectivity index is 0.00000312. The molecule has 8 heteroatoms. The standard InChI is InChI=1S/C17H24N4O3.HI/c1-3-18-17(21-13-15-7-5-9-23-15)20-12-14-6-4-8-19-16(14)24-11-10-22-2;/h4-9H,3,10-13H2,1-2H3,(H2,18,20,21);1H. The van der Waals surface area contributed by atoms with Gasteiger partial charge in [-0.2, -0.15) is 0 Å². The van der Waals surface area contributed by atoms with Gasteiger partial charge in [0, 0.05) is 25.4 Å². The van der Waals surface area contributed by atoms with Gasteiger partial charge in [-0.15, -0.1) is 24.0 Å². The van der Waals surface area contributed by atoms with Crippen LogP contribution in [0.15, 0.2) is 46.1 Å². The van der Waals surface area contributed by atoms with E-state index in [-0.39, 0.29) is 24.0 Å². The predicted molar refractivity (Wildman–Crippen MR) is 107 cm³/mol. The van der Waals surface area contributed by atoms with Gasteiger partial charge in [-0.3, -0.25) is 0 Å². The summed E-state index contributed by atoms with van der Waals surface area (Å²) in [5, 5.41) is 6.43. The molecule has 0 aliphatic rings. The van der Waals surface area contributed by atoms with E-state index in [2.05, 4.69) is 20.6 Å². The van der Waals surface area contributed by atoms with Gasteiger partial charge < -0.3 is 24.5 Å². The van der Waals surface area contributed by atoms with Crippen LogP contribution in [0.3, 0.4) is 0 Å². The minimum Gasteiger partial charge on any atom is -0.475 e. The molecular weight excluding hydrogens is 435 g/mol. The molecule has 0 aliphatic heterocycles. The van der Waals surface area contributed by atoms with Crippen LogP contribution in [0, 0.1) is 0 Å². The Kier molecular flexibility index (Phi) is 10.6. The molecule has 2 aromatic rings. The molecule has 138 valence electrons. The van der Waals surface area contributed by atoms with Crippen LogP contribution in [-0.4, -0.2) is 37.8 Å². The van der Waals surface area contributed by atoms with Gasteiger partial charge >= 0.3 is 0 Å². The molecule has 0 saturated carbocycles. The Labute approximate surface area is 165 Å². The van der Waals surface area contributed by atoms with E-state index in [1.165, 1.54) is 0 Å². The third kappa shape index (κ3) is 7.74. The molecule has 0 spiro atoms. The first-order valence-electron chi connectivity index (χ1n) is 7.93. The lowest BCUT2D eigenvalue weighted by molar-refractivity contribution is 0.143. The molecule has 0 radical (unpaired) electrons. The van der Waals surface area contributed by atoms with E-state index in [0.29, 0.717) is 38.1 Å². The highest BCUT2D eigenvalue weighted by atomic mass is 127. The highest BCUT2D eigenvalue weighted by Gasteiger charge is 2.05. The predicted octanol–water partition coefficient (Wildman–Crippen LogP) is 2.57. The molecule has 0 atom stereocenters. The van der Waals surface area contributed by atoms with Crippen LogP contribution in [-0.2, 0) is 17.8 Å². The fourth-order valence-electron chi connectivity index (χ4n) is 1.99. The van der Waals surface area contributed by atoms with Crippen LogP contribution in [0.1, 0.15) is 18.2 Å². The fourth-order valence-corrected chi connectivity index (χ4v) is 1.99. The topological polar surface area (TPSA) is 80.9 Å². The Hall–Kier alpha value is -1.81. The van der Waals surface area contributed by atoms with Crippen molar-refractivity contribution in [1.29, 1.82) is 0 Å². The smallest absolute Gasteiger partial charge is 0.218 e. The summed E-state index contributed by atoms with van der Waals surface area (Å²) in [6.07, 6.45) is 3.36. The number of rotatable bonds is 9. The molecule has 0 bridgehead atoms. The molecule has 0 aromatic carbocycles. The summed E-state index contributed by atoms with van der Waals surface area (Å²) in [5.41, 5.74) is 0.920. The molecule has 2 N–H and O–H groups in total. The quantitative estimate of drug-likeness (QED) is 0.259. The van der Waals surface area contributed by atoms with E-state index < -0.39 is 0 Å². The van der Waals surface area contributed by atoms with Crippen molar-refractivity contribution < 1.29 is 13.9 Å². The zero-order valence-electron chi connectivity index (χ0n) is 14.5. The second-order valence-corrected chi connectivity index (χ2v) is 4.94. The average Bonchev–Trinajstić information content (AvgIpc) is 3.12. The molecule has 0 unspecified atom stereocenters. The summed E-state index contributed by atoms with van der Waals surface area (Å²) in [6.45, 7) is 4.81. The number of aliphatic imine (C=N–C) groups is 1. The molecule has 2 aromatic heterocycles. The van der Waals surface area contributed by atoms with Gasteiger partial charge in [0.05, 0.1) is 26.0 Å². The molecule has 0 fully saturated rings. The van der Waals surface area contributed by atoms with Crippen LogP contribution < -0.4 is 15.4 Å². The van der Waals surface area contributed by atoms with E-state index in [1.54, 1.807) is 19.6 Å². The summed E-state index contributed by atoms with van der Waals surface area (Å²) >= 11 is 0. The van der Waals surface area contributed by atoms with Gasteiger partial charge in [0.15, 0.2) is 5.96 Å². The van der Waals surface area contributed by atoms with Gasteiger partial charge in [-0.25, -0.2) is 9.98 Å². The first-order valence-corrected chi connectivity index (χ1v) is 7.93. The van der Waals surface area contributed by atoms with Crippen molar-refractivity contribution in [3.05, 3.63) is 48.0 Å². The third-order valence-electron chi connectivity index (χ3n) is 3.14. The summed E-state index contributed by atoms with van der Waals surface area (Å²) in [7, 11) is 1.64. The SMILES string of the molecule is CCNC(=NCc1cccnc1OCCOC)NCc1ccco1.I. The van der Waals surface area contributed by atoms with E-state index in [0.717, 1.165) is 17.9 Å². The monoisotopic (exact) mass is 460 g/mol. The Morgan fingerprint density at radius 1 is 1.24 bits per heavy atom. The largest absolute Gasteiger partial charge is 0.475 e. The van der Waals surface area contributed by atoms with Gasteiger partial charge in [-0.1, -0.05) is 6.07 Å². The summed E-state index contributed by atoms with van der Waals surface area (Å²) in [4.78, 5) is 8.83. The Morgan fingerprint density at radius 3 is 2.84 bits per heavy atom. The maximum Gasteiger partial charge on any atom is 0.218 e. The van der Waals surface area contributed by atoms with Gasteiger partial charge in [0.2, 0.25) is 5.88 Å². The lowest BCUT2D eigenvalue weighted by Gasteiger charge is -2.11. The number of hydrogen-bond acceptors (Lipinski definition) is 5. The number of nitrogens with one attached hydrogen (secondary N) is 2. The number of aromatic nitrogens is 1. The third-order valence-corrected chi connectivity index (χ3v) is 3.14. The van der Waals surface area contributed by atoms with E-state index >= 15 is 0 Å². The molecule has 0 aliphatic carbocycles. The van der Waals surface area contributed by atoms with Crippen molar-refractivity contribution in [3.63, 3.8) is 0 Å². The Bertz CT molecular complexity index is 620. The molecule has 0 saturated heterocycles. The maximum absolute atomic E-state index is 5.63. The maximum atomic E-state index is 5.63. The van der Waals surface area contributed by atoms with Crippen LogP contribution in [0.5, 0.6) is 5.88 Å². The molecule has 0 amide bonds. The van der Waals surface area contributed by atoms with Crippen molar-refractivity contribution in [2.45, 2.75) is 20.0 Å². The zero-order chi connectivity index (χ0) is 17.0. The lowest BCUT2D eigenvalue weighted by atomic mass is 10.3. The van der Waals surface area contributed by atoms with Crippen molar-refractivity contribution in [2.24, 2.45) is 4.99 Å². The minimum absolute atomic E-state index is 0. The molecule has 2 heterocycles. The summed E-state index contributed by atoms with van der Waals surface area (Å²) in [5.74, 6) is 2.14. The summed E-state index contributed by atoms with van der Waals surface area (Å²) in [6, 6.07) is 7.60. The van der Waals surface area contributed by atoms with Crippen molar-refractivity contribution >= 4 is 29.9 Å².